The summed E-state index contributed by atoms with van der Waals surface area (Å²) in [6, 6.07) is -1.68. The number of aliphatic carboxylic acids is 1. The van der Waals surface area contributed by atoms with Crippen LogP contribution in [0.2, 0.25) is 0 Å². The molecule has 112 valence electrons. The Balaban J connectivity index is 5.43. The summed E-state index contributed by atoms with van der Waals surface area (Å²) < 4.78 is 32.6. The zero-order valence-corrected chi connectivity index (χ0v) is 12.3. The molecule has 0 fully saturated rings. The number of ether oxygens (including phenoxy) is 2. The summed E-state index contributed by atoms with van der Waals surface area (Å²) in [6.45, 7) is 6.33. The van der Waals surface area contributed by atoms with E-state index in [9.17, 15) is 14.7 Å². The van der Waals surface area contributed by atoms with Gasteiger partial charge in [-0.2, -0.15) is 0 Å². The Morgan fingerprint density at radius 2 is 1.74 bits per heavy atom. The van der Waals surface area contributed by atoms with Gasteiger partial charge in [0.05, 0.1) is 12.2 Å². The molecule has 0 heterocycles. The maximum Gasteiger partial charge on any atom is 0.410 e. The van der Waals surface area contributed by atoms with Gasteiger partial charge >= 0.3 is 12.1 Å². The Hall–Kier alpha value is -1.30. The molecule has 0 aliphatic carbocycles. The first-order valence-corrected chi connectivity index (χ1v) is 5.94. The van der Waals surface area contributed by atoms with Gasteiger partial charge in [-0.15, -0.1) is 0 Å². The molecule has 0 aromatic heterocycles. The average Bonchev–Trinajstić information content (AvgIpc) is 2.16. The molecule has 0 aliphatic rings. The van der Waals surface area contributed by atoms with Crippen molar-refractivity contribution >= 4 is 12.1 Å². The number of carbonyl (C=O) groups is 2. The summed E-state index contributed by atoms with van der Waals surface area (Å²) >= 11 is 0. The van der Waals surface area contributed by atoms with Crippen molar-refractivity contribution < 1.29 is 28.3 Å². The maximum atomic E-state index is 12.1. The quantitative estimate of drug-likeness (QED) is 0.852. The van der Waals surface area contributed by atoms with Crippen molar-refractivity contribution in [3.8, 4) is 0 Å². The molecule has 1 N–H and O–H groups in total. The van der Waals surface area contributed by atoms with Crippen molar-refractivity contribution in [2.24, 2.45) is 0 Å². The molecular formula is C13H25NO5. The van der Waals surface area contributed by atoms with Gasteiger partial charge in [-0.1, -0.05) is 0 Å². The SMILES string of the molecule is [2H]C([2H])([2H])N(C(=O)OC(C)(C)C)[C@@H](COC(C)(C)C)C(=O)O. The minimum atomic E-state index is -2.97. The number of hydrogen-bond acceptors (Lipinski definition) is 4. The second kappa shape index (κ2) is 6.23. The molecular weight excluding hydrogens is 250 g/mol. The van der Waals surface area contributed by atoms with Crippen LogP contribution >= 0.6 is 0 Å². The molecule has 1 atom stereocenters. The Bertz CT molecular complexity index is 409. The molecule has 6 nitrogen and oxygen atoms in total. The van der Waals surface area contributed by atoms with Crippen LogP contribution in [0.15, 0.2) is 0 Å². The number of carboxylic acid groups (broad SMARTS) is 1. The van der Waals surface area contributed by atoms with E-state index in [2.05, 4.69) is 0 Å². The number of carboxylic acids is 1. The molecule has 0 aliphatic heterocycles. The molecule has 0 aromatic carbocycles. The van der Waals surface area contributed by atoms with Crippen LogP contribution in [0.4, 0.5) is 4.79 Å². The van der Waals surface area contributed by atoms with Crippen LogP contribution in [0.25, 0.3) is 0 Å². The van der Waals surface area contributed by atoms with Crippen LogP contribution in [0, 0.1) is 0 Å². The van der Waals surface area contributed by atoms with Crippen LogP contribution in [0.5, 0.6) is 0 Å². The molecule has 0 aromatic rings. The Morgan fingerprint density at radius 3 is 2.05 bits per heavy atom. The Labute approximate surface area is 118 Å². The zero-order valence-electron chi connectivity index (χ0n) is 15.3. The highest BCUT2D eigenvalue weighted by Crippen LogP contribution is 2.13. The molecule has 19 heavy (non-hydrogen) atoms. The average molecular weight is 278 g/mol. The van der Waals surface area contributed by atoms with Crippen LogP contribution < -0.4 is 0 Å². The molecule has 0 unspecified atom stereocenters. The zero-order chi connectivity index (χ0) is 17.9. The first-order valence-electron chi connectivity index (χ1n) is 7.44. The minimum absolute atomic E-state index is 0.228. The van der Waals surface area contributed by atoms with Crippen molar-refractivity contribution in [2.45, 2.75) is 58.8 Å². The summed E-state index contributed by atoms with van der Waals surface area (Å²) in [5, 5.41) is 9.27. The number of nitrogens with zero attached hydrogens (tertiary/aromatic N) is 1. The van der Waals surface area contributed by atoms with Crippen molar-refractivity contribution in [1.82, 2.24) is 4.90 Å². The third kappa shape index (κ3) is 7.66. The molecule has 6 heteroatoms. The summed E-state index contributed by atoms with van der Waals surface area (Å²) in [7, 11) is 0. The van der Waals surface area contributed by atoms with Crippen LogP contribution in [0.3, 0.4) is 0 Å². The largest absolute Gasteiger partial charge is 0.480 e. The molecule has 1 amide bonds. The van der Waals surface area contributed by atoms with Gasteiger partial charge in [0, 0.05) is 11.1 Å². The third-order valence-corrected chi connectivity index (χ3v) is 1.86. The van der Waals surface area contributed by atoms with Crippen LogP contribution in [-0.2, 0) is 14.3 Å². The van der Waals surface area contributed by atoms with E-state index < -0.39 is 42.9 Å². The van der Waals surface area contributed by atoms with Crippen LogP contribution in [0.1, 0.15) is 45.7 Å². The number of hydrogen-bond donors (Lipinski definition) is 1. The predicted octanol–water partition coefficient (Wildman–Crippen LogP) is 2.12. The summed E-state index contributed by atoms with van der Waals surface area (Å²) in [4.78, 5) is 23.7. The van der Waals surface area contributed by atoms with E-state index in [0.717, 1.165) is 0 Å². The Kier molecular flexibility index (Phi) is 4.17. The molecule has 0 rings (SSSR count). The summed E-state index contributed by atoms with van der Waals surface area (Å²) in [5.41, 5.74) is -1.63. The first kappa shape index (κ1) is 12.7. The van der Waals surface area contributed by atoms with E-state index in [1.54, 1.807) is 41.5 Å². The highest BCUT2D eigenvalue weighted by Gasteiger charge is 2.31. The molecule has 0 radical (unpaired) electrons. The second-order valence-electron chi connectivity index (χ2n) is 6.13. The normalized spacial score (nSPS) is 16.8. The maximum absolute atomic E-state index is 12.1. The second-order valence-corrected chi connectivity index (χ2v) is 6.13. The van der Waals surface area contributed by atoms with Gasteiger partial charge in [-0.25, -0.2) is 9.59 Å². The van der Waals surface area contributed by atoms with Gasteiger partial charge in [0.25, 0.3) is 0 Å². The minimum Gasteiger partial charge on any atom is -0.480 e. The number of amides is 1. The number of carbonyl (C=O) groups excluding carboxylic acids is 1. The fraction of sp³-hybridized carbons (Fsp3) is 0.846. The van der Waals surface area contributed by atoms with E-state index in [4.69, 9.17) is 13.6 Å². The van der Waals surface area contributed by atoms with E-state index in [-0.39, 0.29) is 4.90 Å². The monoisotopic (exact) mass is 278 g/mol. The topological polar surface area (TPSA) is 76.1 Å². The van der Waals surface area contributed by atoms with Crippen molar-refractivity contribution in [1.29, 1.82) is 0 Å². The lowest BCUT2D eigenvalue weighted by molar-refractivity contribution is -0.147. The molecule has 0 saturated heterocycles. The van der Waals surface area contributed by atoms with Gasteiger partial charge in [0.2, 0.25) is 0 Å². The number of likely N-dealkylation sites (N-methyl/N-ethyl adjacent to an activating group) is 1. The van der Waals surface area contributed by atoms with E-state index in [1.807, 2.05) is 0 Å². The molecule has 0 spiro atoms. The lowest BCUT2D eigenvalue weighted by Gasteiger charge is -2.30. The van der Waals surface area contributed by atoms with Gasteiger partial charge in [0.15, 0.2) is 6.04 Å². The predicted molar refractivity (Wildman–Crippen MR) is 71.1 cm³/mol. The summed E-state index contributed by atoms with van der Waals surface area (Å²) in [6.07, 6.45) is -1.22. The Morgan fingerprint density at radius 1 is 1.21 bits per heavy atom. The van der Waals surface area contributed by atoms with Gasteiger partial charge in [0.1, 0.15) is 5.60 Å². The number of rotatable bonds is 4. The highest BCUT2D eigenvalue weighted by atomic mass is 16.6. The molecule has 0 saturated carbocycles. The third-order valence-electron chi connectivity index (χ3n) is 1.86. The van der Waals surface area contributed by atoms with E-state index in [0.29, 0.717) is 0 Å². The van der Waals surface area contributed by atoms with Gasteiger partial charge in [-0.05, 0) is 41.5 Å². The van der Waals surface area contributed by atoms with Crippen molar-refractivity contribution in [2.75, 3.05) is 13.6 Å². The van der Waals surface area contributed by atoms with Gasteiger partial charge < -0.3 is 14.6 Å². The lowest BCUT2D eigenvalue weighted by atomic mass is 10.2. The first-order chi connectivity index (χ1) is 9.54. The summed E-state index contributed by atoms with van der Waals surface area (Å²) in [5.74, 6) is -1.48. The highest BCUT2D eigenvalue weighted by molar-refractivity contribution is 5.80. The van der Waals surface area contributed by atoms with Crippen molar-refractivity contribution in [3.63, 3.8) is 0 Å². The van der Waals surface area contributed by atoms with E-state index >= 15 is 0 Å². The molecule has 0 bridgehead atoms. The fourth-order valence-electron chi connectivity index (χ4n) is 1.02. The fourth-order valence-corrected chi connectivity index (χ4v) is 1.02. The van der Waals surface area contributed by atoms with Crippen LogP contribution in [-0.4, -0.2) is 52.9 Å². The van der Waals surface area contributed by atoms with Gasteiger partial charge in [-0.3, -0.25) is 4.90 Å². The smallest absolute Gasteiger partial charge is 0.410 e. The van der Waals surface area contributed by atoms with E-state index in [1.165, 1.54) is 0 Å². The van der Waals surface area contributed by atoms with Crippen molar-refractivity contribution in [3.05, 3.63) is 0 Å². The lowest BCUT2D eigenvalue weighted by Crippen LogP contribution is -2.48. The standard InChI is InChI=1S/C13H25NO5/c1-12(2,3)18-8-9(10(15)16)14(7)11(17)19-13(4,5)6/h9H,8H2,1-7H3,(H,15,16)/t9-/m0/s1/i7D3.